The van der Waals surface area contributed by atoms with Crippen LogP contribution in [0.15, 0.2) is 60.7 Å². The second-order valence-electron chi connectivity index (χ2n) is 5.93. The van der Waals surface area contributed by atoms with Crippen LogP contribution in [0.3, 0.4) is 0 Å². The molecule has 0 spiro atoms. The molecule has 0 fully saturated rings. The summed E-state index contributed by atoms with van der Waals surface area (Å²) in [5.74, 6) is -3.25. The number of benzene rings is 3. The molecule has 2 amide bonds. The molecule has 3 rings (SSSR count). The van der Waals surface area contributed by atoms with Crippen molar-refractivity contribution in [1.29, 1.82) is 0 Å². The molecule has 132 valence electrons. The van der Waals surface area contributed by atoms with Crippen LogP contribution in [-0.2, 0) is 11.2 Å². The predicted octanol–water partition coefficient (Wildman–Crippen LogP) is 2.94. The fourth-order valence-electron chi connectivity index (χ4n) is 2.84. The second-order valence-corrected chi connectivity index (χ2v) is 5.93. The lowest BCUT2D eigenvalue weighted by atomic mass is 9.98. The highest BCUT2D eigenvalue weighted by molar-refractivity contribution is 5.97. The van der Waals surface area contributed by atoms with Gasteiger partial charge in [-0.2, -0.15) is 0 Å². The standard InChI is InChI=1S/C20H16F2N2O2/c21-15-8-14(9-16(22)11-15)20(26)24-18(19(23)25)10-13-6-3-5-12-4-1-2-7-17(12)13/h1-9,11,18H,10H2,(H2,23,25)(H,24,26)/t18-/m1/s1. The molecule has 0 saturated carbocycles. The molecule has 1 atom stereocenters. The summed E-state index contributed by atoms with van der Waals surface area (Å²) >= 11 is 0. The highest BCUT2D eigenvalue weighted by Gasteiger charge is 2.21. The van der Waals surface area contributed by atoms with Crippen LogP contribution in [0.25, 0.3) is 10.8 Å². The Labute approximate surface area is 148 Å². The Morgan fingerprint density at radius 1 is 0.962 bits per heavy atom. The highest BCUT2D eigenvalue weighted by atomic mass is 19.1. The van der Waals surface area contributed by atoms with Gasteiger partial charge in [0.2, 0.25) is 5.91 Å². The van der Waals surface area contributed by atoms with E-state index in [0.717, 1.165) is 28.5 Å². The summed E-state index contributed by atoms with van der Waals surface area (Å²) in [4.78, 5) is 24.1. The van der Waals surface area contributed by atoms with Crippen LogP contribution in [0.2, 0.25) is 0 Å². The van der Waals surface area contributed by atoms with Gasteiger partial charge >= 0.3 is 0 Å². The van der Waals surface area contributed by atoms with Crippen molar-refractivity contribution in [3.8, 4) is 0 Å². The van der Waals surface area contributed by atoms with Crippen molar-refractivity contribution < 1.29 is 18.4 Å². The van der Waals surface area contributed by atoms with Gasteiger partial charge in [-0.3, -0.25) is 9.59 Å². The number of halogens is 2. The van der Waals surface area contributed by atoms with Crippen LogP contribution in [-0.4, -0.2) is 17.9 Å². The van der Waals surface area contributed by atoms with E-state index in [1.54, 1.807) is 0 Å². The maximum Gasteiger partial charge on any atom is 0.252 e. The molecule has 0 saturated heterocycles. The maximum atomic E-state index is 13.3. The third kappa shape index (κ3) is 3.85. The van der Waals surface area contributed by atoms with E-state index in [1.807, 2.05) is 42.5 Å². The molecule has 0 bridgehead atoms. The molecule has 4 nitrogen and oxygen atoms in total. The smallest absolute Gasteiger partial charge is 0.252 e. The molecule has 26 heavy (non-hydrogen) atoms. The number of primary amides is 1. The molecule has 0 aliphatic carbocycles. The molecule has 0 unspecified atom stereocenters. The summed E-state index contributed by atoms with van der Waals surface area (Å²) < 4.78 is 26.6. The Bertz CT molecular complexity index is 963. The zero-order valence-corrected chi connectivity index (χ0v) is 13.7. The Morgan fingerprint density at radius 2 is 1.62 bits per heavy atom. The van der Waals surface area contributed by atoms with Crippen LogP contribution in [0, 0.1) is 11.6 Å². The first kappa shape index (κ1) is 17.5. The number of carbonyl (C=O) groups excluding carboxylic acids is 2. The number of nitrogens with one attached hydrogen (secondary N) is 1. The van der Waals surface area contributed by atoms with Gasteiger partial charge in [0, 0.05) is 18.1 Å². The van der Waals surface area contributed by atoms with E-state index in [-0.39, 0.29) is 12.0 Å². The van der Waals surface area contributed by atoms with E-state index in [1.165, 1.54) is 0 Å². The third-order valence-electron chi connectivity index (χ3n) is 4.08. The van der Waals surface area contributed by atoms with E-state index < -0.39 is 29.5 Å². The molecule has 3 N–H and O–H groups in total. The number of amides is 2. The first-order valence-corrected chi connectivity index (χ1v) is 7.97. The van der Waals surface area contributed by atoms with Gasteiger partial charge < -0.3 is 11.1 Å². The predicted molar refractivity (Wildman–Crippen MR) is 94.5 cm³/mol. The van der Waals surface area contributed by atoms with E-state index >= 15 is 0 Å². The van der Waals surface area contributed by atoms with Gasteiger partial charge in [0.05, 0.1) is 0 Å². The molecular weight excluding hydrogens is 338 g/mol. The lowest BCUT2D eigenvalue weighted by Crippen LogP contribution is -2.45. The van der Waals surface area contributed by atoms with E-state index in [9.17, 15) is 18.4 Å². The minimum absolute atomic E-state index is 0.167. The SMILES string of the molecule is NC(=O)[C@@H](Cc1cccc2ccccc12)NC(=O)c1cc(F)cc(F)c1. The van der Waals surface area contributed by atoms with Gasteiger partial charge in [0.15, 0.2) is 0 Å². The number of hydrogen-bond acceptors (Lipinski definition) is 2. The minimum Gasteiger partial charge on any atom is -0.368 e. The van der Waals surface area contributed by atoms with Crippen LogP contribution in [0.5, 0.6) is 0 Å². The summed E-state index contributed by atoms with van der Waals surface area (Å²) in [7, 11) is 0. The van der Waals surface area contributed by atoms with Gasteiger partial charge in [0.25, 0.3) is 5.91 Å². The van der Waals surface area contributed by atoms with Gasteiger partial charge in [0.1, 0.15) is 17.7 Å². The number of carbonyl (C=O) groups is 2. The molecular formula is C20H16F2N2O2. The van der Waals surface area contributed by atoms with Gasteiger partial charge in [-0.25, -0.2) is 8.78 Å². The second kappa shape index (κ2) is 7.31. The quantitative estimate of drug-likeness (QED) is 0.739. The van der Waals surface area contributed by atoms with Crippen molar-refractivity contribution in [2.75, 3.05) is 0 Å². The number of hydrogen-bond donors (Lipinski definition) is 2. The Kier molecular flexibility index (Phi) is 4.93. The first-order valence-electron chi connectivity index (χ1n) is 7.97. The summed E-state index contributed by atoms with van der Waals surface area (Å²) in [5, 5.41) is 4.38. The van der Waals surface area contributed by atoms with Crippen LogP contribution in [0.4, 0.5) is 8.78 Å². The summed E-state index contributed by atoms with van der Waals surface area (Å²) in [6.07, 6.45) is 0.167. The Morgan fingerprint density at radius 3 is 2.31 bits per heavy atom. The van der Waals surface area contributed by atoms with Crippen molar-refractivity contribution >= 4 is 22.6 Å². The molecule has 0 heterocycles. The summed E-state index contributed by atoms with van der Waals surface area (Å²) in [6, 6.07) is 14.7. The van der Waals surface area contributed by atoms with Gasteiger partial charge in [-0.05, 0) is 28.5 Å². The number of fused-ring (bicyclic) bond motifs is 1. The molecule has 0 aromatic heterocycles. The summed E-state index contributed by atoms with van der Waals surface area (Å²) in [6.45, 7) is 0. The van der Waals surface area contributed by atoms with Gasteiger partial charge in [-0.15, -0.1) is 0 Å². The zero-order chi connectivity index (χ0) is 18.7. The van der Waals surface area contributed by atoms with Crippen molar-refractivity contribution in [2.45, 2.75) is 12.5 Å². The molecule has 6 heteroatoms. The van der Waals surface area contributed by atoms with Crippen molar-refractivity contribution in [3.63, 3.8) is 0 Å². The average molecular weight is 354 g/mol. The van der Waals surface area contributed by atoms with Crippen LogP contribution < -0.4 is 11.1 Å². The van der Waals surface area contributed by atoms with Crippen molar-refractivity contribution in [3.05, 3.63) is 83.4 Å². The lowest BCUT2D eigenvalue weighted by molar-refractivity contribution is -0.119. The monoisotopic (exact) mass is 354 g/mol. The number of rotatable bonds is 5. The molecule has 0 radical (unpaired) electrons. The largest absolute Gasteiger partial charge is 0.368 e. The zero-order valence-electron chi connectivity index (χ0n) is 13.7. The van der Waals surface area contributed by atoms with Gasteiger partial charge in [-0.1, -0.05) is 42.5 Å². The first-order chi connectivity index (χ1) is 12.4. The lowest BCUT2D eigenvalue weighted by Gasteiger charge is -2.17. The fraction of sp³-hybridized carbons (Fsp3) is 0.100. The third-order valence-corrected chi connectivity index (χ3v) is 4.08. The summed E-state index contributed by atoms with van der Waals surface area (Å²) in [5.41, 5.74) is 6.03. The average Bonchev–Trinajstić information content (AvgIpc) is 2.60. The van der Waals surface area contributed by atoms with E-state index in [4.69, 9.17) is 5.73 Å². The maximum absolute atomic E-state index is 13.3. The van der Waals surface area contributed by atoms with E-state index in [2.05, 4.69) is 5.32 Å². The molecule has 0 aliphatic heterocycles. The van der Waals surface area contributed by atoms with Crippen LogP contribution in [0.1, 0.15) is 15.9 Å². The molecule has 0 aliphatic rings. The molecule has 3 aromatic rings. The van der Waals surface area contributed by atoms with Crippen molar-refractivity contribution in [2.24, 2.45) is 5.73 Å². The minimum atomic E-state index is -1.01. The fourth-order valence-corrected chi connectivity index (χ4v) is 2.84. The topological polar surface area (TPSA) is 72.2 Å². The van der Waals surface area contributed by atoms with E-state index in [0.29, 0.717) is 6.07 Å². The van der Waals surface area contributed by atoms with Crippen molar-refractivity contribution in [1.82, 2.24) is 5.32 Å². The highest BCUT2D eigenvalue weighted by Crippen LogP contribution is 2.20. The molecule has 3 aromatic carbocycles. The normalized spacial score (nSPS) is 11.9. The Balaban J connectivity index is 1.85. The number of nitrogens with two attached hydrogens (primary N) is 1. The Hall–Kier alpha value is -3.28. The van der Waals surface area contributed by atoms with Crippen LogP contribution >= 0.6 is 0 Å².